The molecule has 1 N–H and O–H groups in total. The van der Waals surface area contributed by atoms with Gasteiger partial charge in [0.25, 0.3) is 5.91 Å². The zero-order chi connectivity index (χ0) is 22.9. The zero-order valence-corrected chi connectivity index (χ0v) is 18.1. The molecule has 1 atom stereocenters. The number of nitrogens with one attached hydrogen (secondary N) is 1. The standard InChI is InChI=1S/C24H23F2N5O2/c1-14-6-20(25)19(24(32)30-17-2-3-17)8-23(14)31-12-16(10-28-31)15-7-18(11-27-9-15)29-22-4-5-33-13-21(22)26/h6-12,17,21H,2-5,13H2,1H3,(H,30,32)/t21-/m1/s1. The van der Waals surface area contributed by atoms with Crippen molar-refractivity contribution < 1.29 is 18.3 Å². The summed E-state index contributed by atoms with van der Waals surface area (Å²) in [6.07, 6.45) is 7.78. The zero-order valence-electron chi connectivity index (χ0n) is 18.1. The molecule has 1 aromatic carbocycles. The van der Waals surface area contributed by atoms with Gasteiger partial charge in [-0.3, -0.25) is 14.8 Å². The first-order valence-electron chi connectivity index (χ1n) is 10.9. The Morgan fingerprint density at radius 3 is 2.85 bits per heavy atom. The van der Waals surface area contributed by atoms with Crippen LogP contribution >= 0.6 is 0 Å². The predicted octanol–water partition coefficient (Wildman–Crippen LogP) is 4.10. The van der Waals surface area contributed by atoms with E-state index in [1.807, 2.05) is 6.07 Å². The summed E-state index contributed by atoms with van der Waals surface area (Å²) in [5.74, 6) is -0.976. The van der Waals surface area contributed by atoms with E-state index < -0.39 is 17.9 Å². The van der Waals surface area contributed by atoms with Gasteiger partial charge in [0.2, 0.25) is 0 Å². The van der Waals surface area contributed by atoms with Gasteiger partial charge >= 0.3 is 0 Å². The number of hydrogen-bond donors (Lipinski definition) is 1. The molecule has 9 heteroatoms. The molecule has 0 bridgehead atoms. The second-order valence-corrected chi connectivity index (χ2v) is 8.37. The van der Waals surface area contributed by atoms with E-state index in [1.54, 1.807) is 36.4 Å². The number of carbonyl (C=O) groups is 1. The number of nitrogens with zero attached hydrogens (tertiary/aromatic N) is 4. The molecule has 2 aromatic heterocycles. The third-order valence-corrected chi connectivity index (χ3v) is 5.73. The van der Waals surface area contributed by atoms with Gasteiger partial charge in [0, 0.05) is 36.0 Å². The third kappa shape index (κ3) is 4.68. The normalized spacial score (nSPS) is 19.6. The van der Waals surface area contributed by atoms with Crippen molar-refractivity contribution in [3.05, 3.63) is 59.9 Å². The Morgan fingerprint density at radius 1 is 1.21 bits per heavy atom. The highest BCUT2D eigenvalue weighted by Crippen LogP contribution is 2.27. The SMILES string of the molecule is Cc1cc(F)c(C(=O)NC2CC2)cc1-n1cc(-c2cncc(N=C3CCOC[C@H]3F)c2)cn1. The van der Waals surface area contributed by atoms with Gasteiger partial charge in [0.15, 0.2) is 6.17 Å². The van der Waals surface area contributed by atoms with Crippen LogP contribution in [0.5, 0.6) is 0 Å². The molecule has 1 saturated carbocycles. The minimum atomic E-state index is -1.21. The van der Waals surface area contributed by atoms with Crippen molar-refractivity contribution in [3.63, 3.8) is 0 Å². The summed E-state index contributed by atoms with van der Waals surface area (Å²) in [6, 6.07) is 4.81. The Labute approximate surface area is 189 Å². The number of hydrogen-bond acceptors (Lipinski definition) is 5. The predicted molar refractivity (Wildman–Crippen MR) is 119 cm³/mol. The van der Waals surface area contributed by atoms with Crippen LogP contribution in [0.3, 0.4) is 0 Å². The van der Waals surface area contributed by atoms with Crippen molar-refractivity contribution in [2.24, 2.45) is 4.99 Å². The van der Waals surface area contributed by atoms with E-state index in [1.165, 1.54) is 12.1 Å². The van der Waals surface area contributed by atoms with Crippen molar-refractivity contribution >= 4 is 17.3 Å². The highest BCUT2D eigenvalue weighted by Gasteiger charge is 2.26. The fraction of sp³-hybridized carbons (Fsp3) is 0.333. The first-order chi connectivity index (χ1) is 16.0. The van der Waals surface area contributed by atoms with Crippen molar-refractivity contribution in [1.82, 2.24) is 20.1 Å². The Hall–Kier alpha value is -3.46. The van der Waals surface area contributed by atoms with Gasteiger partial charge < -0.3 is 10.1 Å². The van der Waals surface area contributed by atoms with E-state index in [-0.39, 0.29) is 18.2 Å². The van der Waals surface area contributed by atoms with Crippen LogP contribution in [0.2, 0.25) is 0 Å². The number of pyridine rings is 1. The Kier molecular flexibility index (Phi) is 5.72. The first kappa shape index (κ1) is 21.4. The van der Waals surface area contributed by atoms with Crippen molar-refractivity contribution in [2.75, 3.05) is 13.2 Å². The molecular formula is C24H23F2N5O2. The quantitative estimate of drug-likeness (QED) is 0.633. The molecule has 0 spiro atoms. The summed E-state index contributed by atoms with van der Waals surface area (Å²) in [6.45, 7) is 2.25. The fourth-order valence-electron chi connectivity index (χ4n) is 3.73. The molecule has 2 fully saturated rings. The van der Waals surface area contributed by atoms with Gasteiger partial charge in [0.05, 0.1) is 48.3 Å². The van der Waals surface area contributed by atoms with Gasteiger partial charge in [0.1, 0.15) is 5.82 Å². The molecule has 1 amide bonds. The second-order valence-electron chi connectivity index (χ2n) is 8.37. The van der Waals surface area contributed by atoms with E-state index in [9.17, 15) is 13.6 Å². The van der Waals surface area contributed by atoms with Gasteiger partial charge in [-0.05, 0) is 43.5 Å². The number of halogens is 2. The molecule has 7 nitrogen and oxygen atoms in total. The summed E-state index contributed by atoms with van der Waals surface area (Å²) >= 11 is 0. The topological polar surface area (TPSA) is 81.4 Å². The van der Waals surface area contributed by atoms with Gasteiger partial charge in [-0.25, -0.2) is 13.5 Å². The maximum absolute atomic E-state index is 14.5. The lowest BCUT2D eigenvalue weighted by atomic mass is 10.1. The number of rotatable bonds is 5. The highest BCUT2D eigenvalue weighted by molar-refractivity contribution is 5.95. The third-order valence-electron chi connectivity index (χ3n) is 5.73. The number of ether oxygens (including phenoxy) is 1. The summed E-state index contributed by atoms with van der Waals surface area (Å²) in [4.78, 5) is 21.1. The largest absolute Gasteiger partial charge is 0.378 e. The maximum atomic E-state index is 14.5. The minimum absolute atomic E-state index is 0.00345. The van der Waals surface area contributed by atoms with E-state index in [0.29, 0.717) is 35.7 Å². The van der Waals surface area contributed by atoms with Crippen LogP contribution in [-0.2, 0) is 4.74 Å². The lowest BCUT2D eigenvalue weighted by Gasteiger charge is -2.17. The fourth-order valence-corrected chi connectivity index (χ4v) is 3.73. The van der Waals surface area contributed by atoms with E-state index in [4.69, 9.17) is 4.74 Å². The molecule has 0 radical (unpaired) electrons. The minimum Gasteiger partial charge on any atom is -0.378 e. The number of benzene rings is 1. The smallest absolute Gasteiger partial charge is 0.254 e. The Balaban J connectivity index is 1.43. The molecular weight excluding hydrogens is 428 g/mol. The molecule has 1 aliphatic carbocycles. The second kappa shape index (κ2) is 8.82. The van der Waals surface area contributed by atoms with Crippen molar-refractivity contribution in [1.29, 1.82) is 0 Å². The Morgan fingerprint density at radius 2 is 2.06 bits per heavy atom. The summed E-state index contributed by atoms with van der Waals surface area (Å²) in [7, 11) is 0. The van der Waals surface area contributed by atoms with Crippen LogP contribution in [0, 0.1) is 12.7 Å². The number of aryl methyl sites for hydroxylation is 1. The lowest BCUT2D eigenvalue weighted by molar-refractivity contribution is 0.0896. The average Bonchev–Trinajstić information content (AvgIpc) is 3.47. The summed E-state index contributed by atoms with van der Waals surface area (Å²) in [5, 5.41) is 7.23. The number of alkyl halides is 1. The number of amides is 1. The molecule has 33 heavy (non-hydrogen) atoms. The van der Waals surface area contributed by atoms with Gasteiger partial charge in [-0.15, -0.1) is 0 Å². The average molecular weight is 451 g/mol. The van der Waals surface area contributed by atoms with Crippen molar-refractivity contribution in [3.8, 4) is 16.8 Å². The van der Waals surface area contributed by atoms with Crippen LogP contribution in [-0.4, -0.2) is 51.8 Å². The maximum Gasteiger partial charge on any atom is 0.254 e. The van der Waals surface area contributed by atoms with Crippen LogP contribution in [0.15, 0.2) is 48.0 Å². The lowest BCUT2D eigenvalue weighted by Crippen LogP contribution is -2.28. The van der Waals surface area contributed by atoms with Crippen LogP contribution < -0.4 is 5.32 Å². The molecule has 1 aliphatic heterocycles. The van der Waals surface area contributed by atoms with Gasteiger partial charge in [-0.2, -0.15) is 5.10 Å². The molecule has 5 rings (SSSR count). The molecule has 2 aliphatic rings. The number of aliphatic imine (C=N–C) groups is 1. The van der Waals surface area contributed by atoms with Crippen LogP contribution in [0.1, 0.15) is 35.2 Å². The van der Waals surface area contributed by atoms with E-state index in [2.05, 4.69) is 20.4 Å². The monoisotopic (exact) mass is 451 g/mol. The molecule has 170 valence electrons. The Bertz CT molecular complexity index is 1240. The number of carbonyl (C=O) groups excluding carboxylic acids is 1. The molecule has 3 aromatic rings. The highest BCUT2D eigenvalue weighted by atomic mass is 19.1. The number of aromatic nitrogens is 3. The summed E-state index contributed by atoms with van der Waals surface area (Å²) < 4.78 is 35.2. The summed E-state index contributed by atoms with van der Waals surface area (Å²) in [5.41, 5.74) is 3.79. The molecule has 3 heterocycles. The molecule has 0 unspecified atom stereocenters. The van der Waals surface area contributed by atoms with E-state index >= 15 is 0 Å². The first-order valence-corrected chi connectivity index (χ1v) is 10.9. The van der Waals surface area contributed by atoms with Crippen molar-refractivity contribution in [2.45, 2.75) is 38.4 Å². The van der Waals surface area contributed by atoms with E-state index in [0.717, 1.165) is 24.0 Å². The van der Waals surface area contributed by atoms with Crippen LogP contribution in [0.4, 0.5) is 14.5 Å². The van der Waals surface area contributed by atoms with Gasteiger partial charge in [-0.1, -0.05) is 0 Å². The molecule has 1 saturated heterocycles. The van der Waals surface area contributed by atoms with Crippen LogP contribution in [0.25, 0.3) is 16.8 Å².